The first-order valence-corrected chi connectivity index (χ1v) is 9.04. The summed E-state index contributed by atoms with van der Waals surface area (Å²) in [4.78, 5) is 11.3. The van der Waals surface area contributed by atoms with E-state index in [0.29, 0.717) is 31.6 Å². The van der Waals surface area contributed by atoms with E-state index in [1.54, 1.807) is 18.2 Å². The van der Waals surface area contributed by atoms with E-state index in [0.717, 1.165) is 18.4 Å². The van der Waals surface area contributed by atoms with Crippen LogP contribution in [0.4, 0.5) is 0 Å². The summed E-state index contributed by atoms with van der Waals surface area (Å²) in [6, 6.07) is 6.86. The second-order valence-electron chi connectivity index (χ2n) is 6.17. The van der Waals surface area contributed by atoms with Crippen LogP contribution < -0.4 is 5.32 Å². The highest BCUT2D eigenvalue weighted by molar-refractivity contribution is 7.25. The molecule has 2 rings (SSSR count). The molecule has 1 unspecified atom stereocenters. The molecular weight excluding hydrogens is 329 g/mol. The van der Waals surface area contributed by atoms with Crippen LogP contribution >= 0.6 is 8.46 Å². The molecule has 3 atom stereocenters. The Hall–Kier alpha value is -1.33. The fourth-order valence-electron chi connectivity index (χ4n) is 2.93. The summed E-state index contributed by atoms with van der Waals surface area (Å²) >= 11 is 0. The summed E-state index contributed by atoms with van der Waals surface area (Å²) in [7, 11) is -0.321. The number of carboxylic acid groups (broad SMARTS) is 1. The van der Waals surface area contributed by atoms with Gasteiger partial charge in [-0.2, -0.15) is 0 Å². The molecule has 1 aliphatic heterocycles. The van der Waals surface area contributed by atoms with Gasteiger partial charge in [0.15, 0.2) is 13.8 Å². The summed E-state index contributed by atoms with van der Waals surface area (Å²) in [6.45, 7) is 2.73. The van der Waals surface area contributed by atoms with Gasteiger partial charge >= 0.3 is 5.97 Å². The van der Waals surface area contributed by atoms with Gasteiger partial charge in [0.1, 0.15) is 6.10 Å². The third-order valence-electron chi connectivity index (χ3n) is 4.38. The average Bonchev–Trinajstić information content (AvgIpc) is 2.60. The van der Waals surface area contributed by atoms with Gasteiger partial charge < -0.3 is 20.3 Å². The van der Waals surface area contributed by atoms with Gasteiger partial charge in [0.2, 0.25) is 0 Å². The van der Waals surface area contributed by atoms with Crippen LogP contribution in [0.5, 0.6) is 0 Å². The molecule has 132 valence electrons. The number of unbranched alkanes of at least 4 members (excludes halogenated alkanes) is 1. The molecule has 1 aromatic carbocycles. The summed E-state index contributed by atoms with van der Waals surface area (Å²) in [5.74, 6) is -0.945. The fourth-order valence-corrected chi connectivity index (χ4v) is 3.46. The number of aliphatic hydroxyl groups is 1. The van der Waals surface area contributed by atoms with Gasteiger partial charge in [0, 0.05) is 12.6 Å². The maximum atomic E-state index is 11.4. The van der Waals surface area contributed by atoms with Crippen LogP contribution in [-0.2, 0) is 15.7 Å². The van der Waals surface area contributed by atoms with E-state index in [1.165, 1.54) is 0 Å². The minimum absolute atomic E-state index is 0.0412. The first-order valence-electron chi connectivity index (χ1n) is 8.23. The zero-order valence-electron chi connectivity index (χ0n) is 13.8. The zero-order chi connectivity index (χ0) is 17.6. The molecule has 7 heteroatoms. The van der Waals surface area contributed by atoms with Crippen molar-refractivity contribution >= 4 is 14.4 Å². The Morgan fingerprint density at radius 2 is 2.21 bits per heavy atom. The Morgan fingerprint density at radius 3 is 2.79 bits per heavy atom. The first kappa shape index (κ1) is 19.0. The molecule has 1 aromatic rings. The molecule has 1 aliphatic rings. The van der Waals surface area contributed by atoms with Crippen LogP contribution in [-0.4, -0.2) is 46.8 Å². The van der Waals surface area contributed by atoms with Gasteiger partial charge in [-0.1, -0.05) is 31.5 Å². The number of carbonyl (C=O) groups is 1. The molecule has 0 bridgehead atoms. The highest BCUT2D eigenvalue weighted by Gasteiger charge is 2.40. The van der Waals surface area contributed by atoms with E-state index in [9.17, 15) is 19.6 Å². The molecule has 1 heterocycles. The average molecular weight is 353 g/mol. The van der Waals surface area contributed by atoms with E-state index in [4.69, 9.17) is 4.74 Å². The molecule has 0 spiro atoms. The topological polar surface area (TPSA) is 95.9 Å². The minimum Gasteiger partial charge on any atom is -0.478 e. The number of hydrogen-bond donors (Lipinski definition) is 3. The molecule has 0 amide bonds. The summed E-state index contributed by atoms with van der Waals surface area (Å²) in [6.07, 6.45) is 2.10. The third kappa shape index (κ3) is 4.61. The smallest absolute Gasteiger partial charge is 0.335 e. The van der Waals surface area contributed by atoms with Crippen molar-refractivity contribution in [2.45, 2.75) is 50.1 Å². The number of carboxylic acids is 1. The Bertz CT molecular complexity index is 574. The minimum atomic E-state index is -1.37. The lowest BCUT2D eigenvalue weighted by atomic mass is 9.98. The van der Waals surface area contributed by atoms with Crippen molar-refractivity contribution in [3.63, 3.8) is 0 Å². The van der Waals surface area contributed by atoms with Gasteiger partial charge in [-0.05, 0) is 30.9 Å². The number of ether oxygens (including phenoxy) is 1. The van der Waals surface area contributed by atoms with Gasteiger partial charge in [0.05, 0.1) is 12.2 Å². The first-order chi connectivity index (χ1) is 11.5. The molecular formula is C17H24NO5P. The number of morpholine rings is 1. The zero-order valence-corrected chi connectivity index (χ0v) is 14.7. The van der Waals surface area contributed by atoms with Crippen molar-refractivity contribution in [3.8, 4) is 0 Å². The number of benzene rings is 1. The lowest BCUT2D eigenvalue weighted by Gasteiger charge is -2.37. The molecule has 1 fully saturated rings. The number of rotatable bonds is 8. The van der Waals surface area contributed by atoms with Crippen LogP contribution in [0.1, 0.15) is 42.1 Å². The van der Waals surface area contributed by atoms with Crippen LogP contribution in [0, 0.1) is 0 Å². The van der Waals surface area contributed by atoms with Gasteiger partial charge in [-0.15, -0.1) is 0 Å². The largest absolute Gasteiger partial charge is 0.478 e. The lowest BCUT2D eigenvalue weighted by molar-refractivity contribution is -0.0884. The quantitative estimate of drug-likeness (QED) is 0.622. The van der Waals surface area contributed by atoms with E-state index < -0.39 is 17.4 Å². The molecule has 0 saturated carbocycles. The van der Waals surface area contributed by atoms with Gasteiger partial charge in [-0.3, -0.25) is 4.57 Å². The molecule has 0 radical (unpaired) electrons. The van der Waals surface area contributed by atoms with Gasteiger partial charge in [-0.25, -0.2) is 4.79 Å². The number of hydrogen-bond acceptors (Lipinski definition) is 5. The fraction of sp³-hybridized carbons (Fsp3) is 0.588. The second kappa shape index (κ2) is 8.67. The van der Waals surface area contributed by atoms with Crippen LogP contribution in [0.15, 0.2) is 24.3 Å². The van der Waals surface area contributed by atoms with Crippen molar-refractivity contribution in [1.82, 2.24) is 5.32 Å². The maximum absolute atomic E-state index is 11.4. The van der Waals surface area contributed by atoms with Crippen LogP contribution in [0.2, 0.25) is 0 Å². The van der Waals surface area contributed by atoms with Crippen molar-refractivity contribution in [1.29, 1.82) is 0 Å². The number of nitrogens with one attached hydrogen (secondary N) is 1. The molecule has 0 aliphatic carbocycles. The highest BCUT2D eigenvalue weighted by atomic mass is 31.1. The summed E-state index contributed by atoms with van der Waals surface area (Å²) < 4.78 is 17.1. The molecule has 24 heavy (non-hydrogen) atoms. The van der Waals surface area contributed by atoms with E-state index >= 15 is 0 Å². The lowest BCUT2D eigenvalue weighted by Crippen LogP contribution is -2.55. The second-order valence-corrected chi connectivity index (χ2v) is 7.12. The van der Waals surface area contributed by atoms with E-state index in [1.807, 2.05) is 13.0 Å². The Kier molecular flexibility index (Phi) is 6.87. The van der Waals surface area contributed by atoms with E-state index in [-0.39, 0.29) is 14.5 Å². The van der Waals surface area contributed by atoms with Gasteiger partial charge in [0.25, 0.3) is 0 Å². The Labute approximate surface area is 143 Å². The third-order valence-corrected chi connectivity index (χ3v) is 5.20. The van der Waals surface area contributed by atoms with Crippen LogP contribution in [0.3, 0.4) is 0 Å². The van der Waals surface area contributed by atoms with Crippen molar-refractivity contribution in [2.75, 3.05) is 13.2 Å². The summed E-state index contributed by atoms with van der Waals surface area (Å²) in [5.41, 5.74) is 1.03. The van der Waals surface area contributed by atoms with E-state index in [2.05, 4.69) is 5.32 Å². The molecule has 3 N–H and O–H groups in total. The standard InChI is InChI=1S/C17H24NO5P/c1-2-3-8-17(21,24-22)15-10-18-13(11-23-15)9-12-6-4-5-7-14(12)16(19)20/h4-7,13,15,18,21H,2-3,8-11H2,1H3,(H,19,20)/t13-,15+,17?/m1/s1. The normalized spacial score (nSPS) is 23.8. The predicted octanol–water partition coefficient (Wildman–Crippen LogP) is 2.45. The maximum Gasteiger partial charge on any atom is 0.335 e. The Morgan fingerprint density at radius 1 is 1.46 bits per heavy atom. The van der Waals surface area contributed by atoms with Crippen molar-refractivity contribution in [3.05, 3.63) is 35.4 Å². The highest BCUT2D eigenvalue weighted by Crippen LogP contribution is 2.33. The molecule has 0 aromatic heterocycles. The molecule has 6 nitrogen and oxygen atoms in total. The monoisotopic (exact) mass is 353 g/mol. The molecule has 1 saturated heterocycles. The summed E-state index contributed by atoms with van der Waals surface area (Å²) in [5, 5.41) is 21.6. The van der Waals surface area contributed by atoms with Crippen LogP contribution in [0.25, 0.3) is 0 Å². The SMILES string of the molecule is CCCCC(O)(P=O)[C@@H]1CN[C@H](Cc2ccccc2C(=O)O)CO1. The van der Waals surface area contributed by atoms with Crippen molar-refractivity contribution in [2.24, 2.45) is 0 Å². The Balaban J connectivity index is 1.96. The number of aromatic carboxylic acids is 1. The van der Waals surface area contributed by atoms with Crippen molar-refractivity contribution < 1.29 is 24.3 Å². The predicted molar refractivity (Wildman–Crippen MR) is 90.7 cm³/mol.